The van der Waals surface area contributed by atoms with Crippen LogP contribution in [-0.2, 0) is 0 Å². The van der Waals surface area contributed by atoms with Gasteiger partial charge in [0.15, 0.2) is 11.4 Å². The van der Waals surface area contributed by atoms with Crippen molar-refractivity contribution in [1.82, 2.24) is 9.38 Å². The van der Waals surface area contributed by atoms with Gasteiger partial charge >= 0.3 is 0 Å². The first kappa shape index (κ1) is 11.7. The van der Waals surface area contributed by atoms with E-state index in [1.54, 1.807) is 36.5 Å². The van der Waals surface area contributed by atoms with E-state index in [9.17, 15) is 9.90 Å². The molecule has 0 amide bonds. The Labute approximate surface area is 113 Å². The first-order valence-electron chi connectivity index (χ1n) is 5.62. The number of fused-ring (bicyclic) bond motifs is 1. The van der Waals surface area contributed by atoms with E-state index in [0.717, 1.165) is 5.56 Å². The molecule has 2 aromatic heterocycles. The van der Waals surface area contributed by atoms with Crippen LogP contribution in [0.1, 0.15) is 0 Å². The molecule has 0 radical (unpaired) electrons. The van der Waals surface area contributed by atoms with Crippen LogP contribution in [0.15, 0.2) is 53.6 Å². The van der Waals surface area contributed by atoms with E-state index in [1.165, 1.54) is 16.7 Å². The van der Waals surface area contributed by atoms with Gasteiger partial charge in [-0.05, 0) is 29.8 Å². The average Bonchev–Trinajstić information content (AvgIpc) is 2.42. The van der Waals surface area contributed by atoms with E-state index >= 15 is 0 Å². The topological polar surface area (TPSA) is 54.6 Å². The lowest BCUT2D eigenvalue weighted by Gasteiger charge is -2.05. The maximum atomic E-state index is 12.3. The molecular formula is C14H9ClN2O2. The lowest BCUT2D eigenvalue weighted by atomic mass is 10.1. The van der Waals surface area contributed by atoms with Gasteiger partial charge in [-0.15, -0.1) is 0 Å². The summed E-state index contributed by atoms with van der Waals surface area (Å²) in [6.07, 6.45) is 3.03. The normalized spacial score (nSPS) is 10.8. The predicted octanol–water partition coefficient (Wildman–Crippen LogP) is 2.72. The fraction of sp³-hybridized carbons (Fsp3) is 0. The highest BCUT2D eigenvalue weighted by atomic mass is 35.5. The fourth-order valence-corrected chi connectivity index (χ4v) is 2.05. The first-order chi connectivity index (χ1) is 9.16. The summed E-state index contributed by atoms with van der Waals surface area (Å²) in [5.74, 6) is -0.0257. The maximum Gasteiger partial charge on any atom is 0.265 e. The van der Waals surface area contributed by atoms with Crippen molar-refractivity contribution in [3.8, 4) is 16.9 Å². The zero-order chi connectivity index (χ0) is 13.4. The van der Waals surface area contributed by atoms with Gasteiger partial charge in [0.2, 0.25) is 0 Å². The molecule has 0 atom stereocenters. The average molecular weight is 273 g/mol. The molecule has 0 bridgehead atoms. The molecule has 3 aromatic rings. The SMILES string of the molecule is O=c1c(-c2ccc(Cl)cc2)cnc2c(O)cccn12. The number of hydrogen-bond donors (Lipinski definition) is 1. The van der Waals surface area contributed by atoms with Gasteiger partial charge in [0.05, 0.1) is 5.56 Å². The van der Waals surface area contributed by atoms with Crippen molar-refractivity contribution in [2.24, 2.45) is 0 Å². The minimum atomic E-state index is -0.233. The molecule has 4 nitrogen and oxygen atoms in total. The second-order valence-corrected chi connectivity index (χ2v) is 4.51. The molecule has 0 unspecified atom stereocenters. The van der Waals surface area contributed by atoms with Crippen molar-refractivity contribution in [2.75, 3.05) is 0 Å². The molecule has 1 aromatic carbocycles. The number of hydrogen-bond acceptors (Lipinski definition) is 3. The van der Waals surface area contributed by atoms with Crippen LogP contribution in [0.25, 0.3) is 16.8 Å². The number of aromatic nitrogens is 2. The minimum Gasteiger partial charge on any atom is -0.504 e. The molecule has 0 aliphatic rings. The molecule has 0 saturated heterocycles. The zero-order valence-corrected chi connectivity index (χ0v) is 10.5. The first-order valence-corrected chi connectivity index (χ1v) is 6.00. The van der Waals surface area contributed by atoms with Crippen molar-refractivity contribution >= 4 is 17.2 Å². The van der Waals surface area contributed by atoms with Gasteiger partial charge in [0.1, 0.15) is 0 Å². The molecular weight excluding hydrogens is 264 g/mol. The highest BCUT2D eigenvalue weighted by Gasteiger charge is 2.09. The van der Waals surface area contributed by atoms with Crippen molar-refractivity contribution in [3.63, 3.8) is 0 Å². The second kappa shape index (κ2) is 4.40. The minimum absolute atomic E-state index is 0.0257. The monoisotopic (exact) mass is 272 g/mol. The molecule has 0 aliphatic heterocycles. The lowest BCUT2D eigenvalue weighted by molar-refractivity contribution is 0.477. The number of halogens is 1. The van der Waals surface area contributed by atoms with Crippen molar-refractivity contribution in [1.29, 1.82) is 0 Å². The van der Waals surface area contributed by atoms with Crippen molar-refractivity contribution in [2.45, 2.75) is 0 Å². The van der Waals surface area contributed by atoms with Gasteiger partial charge in [0, 0.05) is 17.4 Å². The zero-order valence-electron chi connectivity index (χ0n) is 9.75. The Morgan fingerprint density at radius 1 is 1.16 bits per heavy atom. The number of rotatable bonds is 1. The van der Waals surface area contributed by atoms with Gasteiger partial charge in [-0.25, -0.2) is 4.98 Å². The van der Waals surface area contributed by atoms with Crippen LogP contribution in [0.4, 0.5) is 0 Å². The highest BCUT2D eigenvalue weighted by Crippen LogP contribution is 2.20. The van der Waals surface area contributed by atoms with Gasteiger partial charge in [-0.2, -0.15) is 0 Å². The van der Waals surface area contributed by atoms with E-state index < -0.39 is 0 Å². The largest absolute Gasteiger partial charge is 0.504 e. The predicted molar refractivity (Wildman–Crippen MR) is 73.6 cm³/mol. The van der Waals surface area contributed by atoms with Gasteiger partial charge in [0.25, 0.3) is 5.56 Å². The third-order valence-electron chi connectivity index (χ3n) is 2.87. The molecule has 2 heterocycles. The van der Waals surface area contributed by atoms with Crippen LogP contribution < -0.4 is 5.56 Å². The molecule has 94 valence electrons. The Balaban J connectivity index is 2.29. The summed E-state index contributed by atoms with van der Waals surface area (Å²) in [7, 11) is 0. The molecule has 0 fully saturated rings. The standard InChI is InChI=1S/C14H9ClN2O2/c15-10-5-3-9(4-6-10)11-8-16-13-12(18)2-1-7-17(13)14(11)19/h1-8,18H. The Kier molecular flexibility index (Phi) is 2.72. The summed E-state index contributed by atoms with van der Waals surface area (Å²) in [6.45, 7) is 0. The van der Waals surface area contributed by atoms with Gasteiger partial charge in [-0.1, -0.05) is 23.7 Å². The van der Waals surface area contributed by atoms with E-state index in [-0.39, 0.29) is 17.0 Å². The van der Waals surface area contributed by atoms with E-state index in [1.807, 2.05) is 0 Å². The quantitative estimate of drug-likeness (QED) is 0.741. The summed E-state index contributed by atoms with van der Waals surface area (Å²) in [5.41, 5.74) is 1.20. The lowest BCUT2D eigenvalue weighted by Crippen LogP contribution is -2.16. The smallest absolute Gasteiger partial charge is 0.265 e. The third-order valence-corrected chi connectivity index (χ3v) is 3.12. The van der Waals surface area contributed by atoms with Crippen molar-refractivity contribution in [3.05, 3.63) is 64.2 Å². The summed E-state index contributed by atoms with van der Waals surface area (Å²) in [4.78, 5) is 16.5. The molecule has 0 aliphatic carbocycles. The van der Waals surface area contributed by atoms with Crippen LogP contribution in [0, 0.1) is 0 Å². The Hall–Kier alpha value is -2.33. The fourth-order valence-electron chi connectivity index (χ4n) is 1.92. The number of aromatic hydroxyl groups is 1. The van der Waals surface area contributed by atoms with Gasteiger partial charge < -0.3 is 5.11 Å². The molecule has 0 saturated carbocycles. The Morgan fingerprint density at radius 2 is 1.89 bits per heavy atom. The van der Waals surface area contributed by atoms with Gasteiger partial charge in [-0.3, -0.25) is 9.20 Å². The number of pyridine rings is 1. The molecule has 19 heavy (non-hydrogen) atoms. The Bertz CT molecular complexity index is 810. The maximum absolute atomic E-state index is 12.3. The second-order valence-electron chi connectivity index (χ2n) is 4.07. The van der Waals surface area contributed by atoms with Crippen LogP contribution in [0.2, 0.25) is 5.02 Å². The highest BCUT2D eigenvalue weighted by molar-refractivity contribution is 6.30. The third kappa shape index (κ3) is 1.96. The molecule has 5 heteroatoms. The summed E-state index contributed by atoms with van der Waals surface area (Å²) in [5, 5.41) is 10.3. The van der Waals surface area contributed by atoms with E-state index in [4.69, 9.17) is 11.6 Å². The van der Waals surface area contributed by atoms with Crippen LogP contribution in [0.5, 0.6) is 5.75 Å². The molecule has 0 spiro atoms. The van der Waals surface area contributed by atoms with Crippen LogP contribution in [0.3, 0.4) is 0 Å². The van der Waals surface area contributed by atoms with E-state index in [2.05, 4.69) is 4.98 Å². The van der Waals surface area contributed by atoms with Crippen LogP contribution >= 0.6 is 11.6 Å². The number of benzene rings is 1. The summed E-state index contributed by atoms with van der Waals surface area (Å²) in [6, 6.07) is 10.0. The van der Waals surface area contributed by atoms with Crippen LogP contribution in [-0.4, -0.2) is 14.5 Å². The van der Waals surface area contributed by atoms with Crippen molar-refractivity contribution < 1.29 is 5.11 Å². The molecule has 3 rings (SSSR count). The number of nitrogens with zero attached hydrogens (tertiary/aromatic N) is 2. The van der Waals surface area contributed by atoms with E-state index in [0.29, 0.717) is 10.6 Å². The summed E-state index contributed by atoms with van der Waals surface area (Å²) < 4.78 is 1.32. The Morgan fingerprint density at radius 3 is 2.63 bits per heavy atom. The molecule has 1 N–H and O–H groups in total. The summed E-state index contributed by atoms with van der Waals surface area (Å²) >= 11 is 5.82.